The van der Waals surface area contributed by atoms with E-state index in [0.717, 1.165) is 11.4 Å². The Labute approximate surface area is 256 Å². The van der Waals surface area contributed by atoms with Crippen molar-refractivity contribution >= 4 is 38.9 Å². The zero-order valence-corrected chi connectivity index (χ0v) is 24.1. The molecular weight excluding hydrogens is 532 g/mol. The third-order valence-corrected chi connectivity index (χ3v) is 8.94. The van der Waals surface area contributed by atoms with E-state index in [4.69, 9.17) is 0 Å². The predicted octanol–water partition coefficient (Wildman–Crippen LogP) is 11.6. The fourth-order valence-corrected chi connectivity index (χ4v) is 7.12. The summed E-state index contributed by atoms with van der Waals surface area (Å²) in [4.78, 5) is 2.48. The van der Waals surface area contributed by atoms with Crippen LogP contribution in [0.5, 0.6) is 0 Å². The van der Waals surface area contributed by atoms with Crippen molar-refractivity contribution in [3.8, 4) is 39.1 Å². The average molecular weight is 561 g/mol. The molecule has 0 spiro atoms. The SMILES string of the molecule is c1ccc(-c2c(N3c4ccccc4-c4ccccc4-c4ccccc43)cccc2-n2c3ccccc3c3ccccc32)cc1. The first kappa shape index (κ1) is 24.7. The third kappa shape index (κ3) is 3.61. The summed E-state index contributed by atoms with van der Waals surface area (Å²) in [5.74, 6) is 0. The molecule has 1 aliphatic rings. The van der Waals surface area contributed by atoms with E-state index >= 15 is 0 Å². The second kappa shape index (κ2) is 9.86. The summed E-state index contributed by atoms with van der Waals surface area (Å²) >= 11 is 0. The maximum atomic E-state index is 2.48. The van der Waals surface area contributed by atoms with Crippen LogP contribution in [0.25, 0.3) is 60.9 Å². The Morgan fingerprint density at radius 2 is 0.727 bits per heavy atom. The highest BCUT2D eigenvalue weighted by molar-refractivity contribution is 6.11. The number of rotatable bonds is 3. The first-order chi connectivity index (χ1) is 21.9. The third-order valence-electron chi connectivity index (χ3n) is 8.94. The fourth-order valence-electron chi connectivity index (χ4n) is 7.12. The lowest BCUT2D eigenvalue weighted by molar-refractivity contribution is 1.17. The van der Waals surface area contributed by atoms with Gasteiger partial charge in [-0.2, -0.15) is 0 Å². The minimum absolute atomic E-state index is 1.14. The van der Waals surface area contributed by atoms with Crippen molar-refractivity contribution < 1.29 is 0 Å². The van der Waals surface area contributed by atoms with Crippen LogP contribution in [0.4, 0.5) is 17.1 Å². The summed E-state index contributed by atoms with van der Waals surface area (Å²) in [5, 5.41) is 2.52. The molecule has 0 unspecified atom stereocenters. The first-order valence-electron chi connectivity index (χ1n) is 15.1. The van der Waals surface area contributed by atoms with Crippen molar-refractivity contribution in [3.05, 3.63) is 170 Å². The van der Waals surface area contributed by atoms with Gasteiger partial charge < -0.3 is 9.47 Å². The van der Waals surface area contributed by atoms with E-state index in [1.807, 2.05) is 0 Å². The van der Waals surface area contributed by atoms with Gasteiger partial charge in [0, 0.05) is 27.5 Å². The van der Waals surface area contributed by atoms with Gasteiger partial charge in [0.05, 0.1) is 33.8 Å². The molecular formula is C42H28N2. The smallest absolute Gasteiger partial charge is 0.0561 e. The zero-order valence-electron chi connectivity index (χ0n) is 24.1. The minimum Gasteiger partial charge on any atom is -0.309 e. The van der Waals surface area contributed by atoms with Crippen molar-refractivity contribution in [2.45, 2.75) is 0 Å². The van der Waals surface area contributed by atoms with Crippen molar-refractivity contribution in [1.29, 1.82) is 0 Å². The van der Waals surface area contributed by atoms with E-state index in [2.05, 4.69) is 179 Å². The highest BCUT2D eigenvalue weighted by Crippen LogP contribution is 2.53. The van der Waals surface area contributed by atoms with Gasteiger partial charge in [0.2, 0.25) is 0 Å². The Balaban J connectivity index is 1.43. The van der Waals surface area contributed by atoms with Crippen molar-refractivity contribution in [1.82, 2.24) is 4.57 Å². The van der Waals surface area contributed by atoms with Gasteiger partial charge >= 0.3 is 0 Å². The van der Waals surface area contributed by atoms with Crippen LogP contribution >= 0.6 is 0 Å². The van der Waals surface area contributed by atoms with E-state index in [0.29, 0.717) is 0 Å². The number of anilines is 3. The molecule has 206 valence electrons. The lowest BCUT2D eigenvalue weighted by atomic mass is 9.95. The van der Waals surface area contributed by atoms with Crippen LogP contribution in [-0.2, 0) is 0 Å². The molecule has 0 radical (unpaired) electrons. The summed E-state index contributed by atoms with van der Waals surface area (Å²) in [7, 11) is 0. The summed E-state index contributed by atoms with van der Waals surface area (Å²) in [6, 6.07) is 61.6. The number of para-hydroxylation sites is 4. The Morgan fingerprint density at radius 3 is 1.32 bits per heavy atom. The van der Waals surface area contributed by atoms with E-state index in [1.165, 1.54) is 66.6 Å². The predicted molar refractivity (Wildman–Crippen MR) is 185 cm³/mol. The summed E-state index contributed by atoms with van der Waals surface area (Å²) in [6.45, 7) is 0. The molecule has 0 saturated carbocycles. The molecule has 7 aromatic carbocycles. The van der Waals surface area contributed by atoms with Gasteiger partial charge in [-0.25, -0.2) is 0 Å². The van der Waals surface area contributed by atoms with Crippen LogP contribution in [0.2, 0.25) is 0 Å². The van der Waals surface area contributed by atoms with Gasteiger partial charge in [0.1, 0.15) is 0 Å². The first-order valence-corrected chi connectivity index (χ1v) is 15.1. The van der Waals surface area contributed by atoms with Gasteiger partial charge in [0.15, 0.2) is 0 Å². The molecule has 9 rings (SSSR count). The molecule has 2 heteroatoms. The number of fused-ring (bicyclic) bond motifs is 8. The van der Waals surface area contributed by atoms with Crippen molar-refractivity contribution in [2.75, 3.05) is 4.90 Å². The minimum atomic E-state index is 1.14. The van der Waals surface area contributed by atoms with Crippen LogP contribution in [0, 0.1) is 0 Å². The van der Waals surface area contributed by atoms with E-state index < -0.39 is 0 Å². The number of aromatic nitrogens is 1. The molecule has 0 bridgehead atoms. The number of nitrogens with zero attached hydrogens (tertiary/aromatic N) is 2. The molecule has 2 nitrogen and oxygen atoms in total. The second-order valence-corrected chi connectivity index (χ2v) is 11.3. The molecule has 1 aliphatic heterocycles. The Morgan fingerprint density at radius 1 is 0.295 bits per heavy atom. The quantitative estimate of drug-likeness (QED) is 0.209. The zero-order chi connectivity index (χ0) is 29.0. The maximum Gasteiger partial charge on any atom is 0.0561 e. The highest BCUT2D eigenvalue weighted by Gasteiger charge is 2.28. The average Bonchev–Trinajstić information content (AvgIpc) is 3.37. The molecule has 1 aromatic heterocycles. The highest BCUT2D eigenvalue weighted by atomic mass is 15.2. The Kier molecular flexibility index (Phi) is 5.54. The number of hydrogen-bond donors (Lipinski definition) is 0. The van der Waals surface area contributed by atoms with Crippen LogP contribution in [-0.4, -0.2) is 4.57 Å². The van der Waals surface area contributed by atoms with Crippen molar-refractivity contribution in [3.63, 3.8) is 0 Å². The lowest BCUT2D eigenvalue weighted by Gasteiger charge is -2.30. The van der Waals surface area contributed by atoms with Crippen molar-refractivity contribution in [2.24, 2.45) is 0 Å². The number of benzene rings is 7. The van der Waals surface area contributed by atoms with Gasteiger partial charge in [-0.05, 0) is 53.1 Å². The molecule has 2 heterocycles. The molecule has 0 fully saturated rings. The Bertz CT molecular complexity index is 2230. The summed E-state index contributed by atoms with van der Waals surface area (Å²) in [5.41, 5.74) is 14.3. The van der Waals surface area contributed by atoms with Gasteiger partial charge in [-0.15, -0.1) is 0 Å². The molecule has 0 saturated heterocycles. The monoisotopic (exact) mass is 560 g/mol. The number of hydrogen-bond acceptors (Lipinski definition) is 1. The molecule has 44 heavy (non-hydrogen) atoms. The lowest BCUT2D eigenvalue weighted by Crippen LogP contribution is -2.13. The standard InChI is InChI=1S/C42H28N2/c1-2-15-29(16-3-1)42-40(27-14-28-41(42)44-38-25-12-8-21-34(38)35-22-9-13-26-39(35)44)43-36-23-10-6-19-32(36)30-17-4-5-18-31(30)33-20-7-11-24-37(33)43/h1-28H. The van der Waals surface area contributed by atoms with E-state index in [-0.39, 0.29) is 0 Å². The van der Waals surface area contributed by atoms with Gasteiger partial charge in [-0.1, -0.05) is 133 Å². The normalized spacial score (nSPS) is 12.0. The largest absolute Gasteiger partial charge is 0.309 e. The van der Waals surface area contributed by atoms with E-state index in [9.17, 15) is 0 Å². The molecule has 8 aromatic rings. The summed E-state index contributed by atoms with van der Waals surface area (Å²) in [6.07, 6.45) is 0. The topological polar surface area (TPSA) is 8.17 Å². The molecule has 0 aliphatic carbocycles. The van der Waals surface area contributed by atoms with Crippen LogP contribution in [0.3, 0.4) is 0 Å². The van der Waals surface area contributed by atoms with Gasteiger partial charge in [0.25, 0.3) is 0 Å². The molecule has 0 amide bonds. The fraction of sp³-hybridized carbons (Fsp3) is 0. The van der Waals surface area contributed by atoms with E-state index in [1.54, 1.807) is 0 Å². The van der Waals surface area contributed by atoms with Crippen LogP contribution in [0.1, 0.15) is 0 Å². The van der Waals surface area contributed by atoms with Gasteiger partial charge in [-0.3, -0.25) is 0 Å². The summed E-state index contributed by atoms with van der Waals surface area (Å²) < 4.78 is 2.45. The van der Waals surface area contributed by atoms with Crippen LogP contribution in [0.15, 0.2) is 170 Å². The Hall–Kier alpha value is -5.86. The second-order valence-electron chi connectivity index (χ2n) is 11.3. The molecule has 0 atom stereocenters. The molecule has 0 N–H and O–H groups in total. The van der Waals surface area contributed by atoms with Crippen LogP contribution < -0.4 is 4.90 Å². The maximum absolute atomic E-state index is 2.48.